The lowest BCUT2D eigenvalue weighted by Crippen LogP contribution is -2.45. The standard InChI is InChI=1S/C13H19ClN4/c14-12-7-15-9-17-13(12)18(11-4-5-11)8-10-3-1-2-6-16-10/h7,9-11,16H,1-6,8H2. The van der Waals surface area contributed by atoms with E-state index in [1.165, 1.54) is 32.1 Å². The second-order valence-electron chi connectivity index (χ2n) is 5.22. The van der Waals surface area contributed by atoms with Gasteiger partial charge < -0.3 is 10.2 Å². The Labute approximate surface area is 113 Å². The summed E-state index contributed by atoms with van der Waals surface area (Å²) in [4.78, 5) is 10.7. The topological polar surface area (TPSA) is 41.1 Å². The second kappa shape index (κ2) is 5.41. The van der Waals surface area contributed by atoms with Crippen molar-refractivity contribution in [2.75, 3.05) is 18.0 Å². The number of piperidine rings is 1. The Balaban J connectivity index is 1.73. The van der Waals surface area contributed by atoms with E-state index in [0.717, 1.165) is 18.9 Å². The van der Waals surface area contributed by atoms with Gasteiger partial charge in [0.1, 0.15) is 11.3 Å². The summed E-state index contributed by atoms with van der Waals surface area (Å²) in [6.07, 6.45) is 9.67. The van der Waals surface area contributed by atoms with Crippen LogP contribution in [0.2, 0.25) is 5.02 Å². The van der Waals surface area contributed by atoms with Crippen molar-refractivity contribution in [1.82, 2.24) is 15.3 Å². The zero-order valence-electron chi connectivity index (χ0n) is 10.5. The number of anilines is 1. The molecule has 1 aliphatic heterocycles. The van der Waals surface area contributed by atoms with Gasteiger partial charge in [-0.2, -0.15) is 0 Å². The molecule has 1 aliphatic carbocycles. The highest BCUT2D eigenvalue weighted by molar-refractivity contribution is 6.32. The summed E-state index contributed by atoms with van der Waals surface area (Å²) in [5.74, 6) is 0.904. The highest BCUT2D eigenvalue weighted by Crippen LogP contribution is 2.34. The fraction of sp³-hybridized carbons (Fsp3) is 0.692. The summed E-state index contributed by atoms with van der Waals surface area (Å²) in [6, 6.07) is 1.20. The molecule has 1 atom stereocenters. The third-order valence-corrected chi connectivity index (χ3v) is 4.00. The molecule has 0 aromatic carbocycles. The summed E-state index contributed by atoms with van der Waals surface area (Å²) in [5.41, 5.74) is 0. The van der Waals surface area contributed by atoms with Gasteiger partial charge in [0.05, 0.1) is 6.20 Å². The summed E-state index contributed by atoms with van der Waals surface area (Å²) >= 11 is 6.22. The molecule has 2 fully saturated rings. The van der Waals surface area contributed by atoms with Gasteiger partial charge in [0.25, 0.3) is 0 Å². The van der Waals surface area contributed by atoms with Crippen LogP contribution in [0, 0.1) is 0 Å². The Morgan fingerprint density at radius 1 is 1.33 bits per heavy atom. The lowest BCUT2D eigenvalue weighted by molar-refractivity contribution is 0.397. The SMILES string of the molecule is Clc1cncnc1N(CC1CCCCN1)C1CC1. The molecule has 3 rings (SSSR count). The van der Waals surface area contributed by atoms with E-state index in [-0.39, 0.29) is 0 Å². The molecule has 1 aromatic rings. The molecule has 0 radical (unpaired) electrons. The smallest absolute Gasteiger partial charge is 0.151 e. The first-order valence-electron chi connectivity index (χ1n) is 6.80. The van der Waals surface area contributed by atoms with Gasteiger partial charge in [0, 0.05) is 18.6 Å². The second-order valence-corrected chi connectivity index (χ2v) is 5.63. The molecule has 1 N–H and O–H groups in total. The van der Waals surface area contributed by atoms with Crippen molar-refractivity contribution in [2.45, 2.75) is 44.2 Å². The lowest BCUT2D eigenvalue weighted by atomic mass is 10.0. The number of nitrogens with one attached hydrogen (secondary N) is 1. The van der Waals surface area contributed by atoms with E-state index >= 15 is 0 Å². The lowest BCUT2D eigenvalue weighted by Gasteiger charge is -2.31. The Hall–Kier alpha value is -0.870. The highest BCUT2D eigenvalue weighted by Gasteiger charge is 2.32. The largest absolute Gasteiger partial charge is 0.351 e. The van der Waals surface area contributed by atoms with Crippen LogP contribution in [0.1, 0.15) is 32.1 Å². The van der Waals surface area contributed by atoms with Crippen molar-refractivity contribution in [3.63, 3.8) is 0 Å². The van der Waals surface area contributed by atoms with Crippen LogP contribution in [0.4, 0.5) is 5.82 Å². The zero-order chi connectivity index (χ0) is 12.4. The minimum atomic E-state index is 0.574. The first kappa shape index (κ1) is 12.2. The fourth-order valence-electron chi connectivity index (χ4n) is 2.63. The molecular formula is C13H19ClN4. The molecule has 1 saturated carbocycles. The van der Waals surface area contributed by atoms with Crippen LogP contribution >= 0.6 is 11.6 Å². The molecule has 1 aromatic heterocycles. The summed E-state index contributed by atoms with van der Waals surface area (Å²) < 4.78 is 0. The average molecular weight is 267 g/mol. The van der Waals surface area contributed by atoms with Crippen molar-refractivity contribution in [3.05, 3.63) is 17.5 Å². The molecule has 2 aliphatic rings. The zero-order valence-corrected chi connectivity index (χ0v) is 11.2. The van der Waals surface area contributed by atoms with E-state index < -0.39 is 0 Å². The summed E-state index contributed by atoms with van der Waals surface area (Å²) in [6.45, 7) is 2.15. The van der Waals surface area contributed by atoms with Crippen molar-refractivity contribution >= 4 is 17.4 Å². The van der Waals surface area contributed by atoms with E-state index in [9.17, 15) is 0 Å². The molecule has 98 valence electrons. The van der Waals surface area contributed by atoms with E-state index in [2.05, 4.69) is 20.2 Å². The van der Waals surface area contributed by atoms with Gasteiger partial charge in [0.15, 0.2) is 5.82 Å². The first-order chi connectivity index (χ1) is 8.84. The van der Waals surface area contributed by atoms with Gasteiger partial charge in [-0.15, -0.1) is 0 Å². The van der Waals surface area contributed by atoms with E-state index in [1.807, 2.05) is 0 Å². The maximum Gasteiger partial charge on any atom is 0.151 e. The third-order valence-electron chi connectivity index (χ3n) is 3.74. The molecule has 0 amide bonds. The van der Waals surface area contributed by atoms with Gasteiger partial charge in [-0.1, -0.05) is 18.0 Å². The van der Waals surface area contributed by atoms with Gasteiger partial charge in [-0.25, -0.2) is 9.97 Å². The Bertz CT molecular complexity index is 402. The van der Waals surface area contributed by atoms with Crippen LogP contribution in [0.3, 0.4) is 0 Å². The number of halogens is 1. The number of hydrogen-bond donors (Lipinski definition) is 1. The van der Waals surface area contributed by atoms with Crippen molar-refractivity contribution in [3.8, 4) is 0 Å². The van der Waals surface area contributed by atoms with Gasteiger partial charge in [-0.05, 0) is 32.2 Å². The number of nitrogens with zero attached hydrogens (tertiary/aromatic N) is 3. The van der Waals surface area contributed by atoms with Gasteiger partial charge in [-0.3, -0.25) is 0 Å². The quantitative estimate of drug-likeness (QED) is 0.908. The Morgan fingerprint density at radius 3 is 2.89 bits per heavy atom. The monoisotopic (exact) mass is 266 g/mol. The van der Waals surface area contributed by atoms with Crippen molar-refractivity contribution in [2.24, 2.45) is 0 Å². The average Bonchev–Trinajstić information content (AvgIpc) is 3.23. The molecule has 1 unspecified atom stereocenters. The Kier molecular flexibility index (Phi) is 3.66. The molecule has 5 heteroatoms. The minimum Gasteiger partial charge on any atom is -0.351 e. The van der Waals surface area contributed by atoms with Crippen LogP contribution in [-0.4, -0.2) is 35.1 Å². The summed E-state index contributed by atoms with van der Waals surface area (Å²) in [5, 5.41) is 4.26. The third kappa shape index (κ3) is 2.75. The van der Waals surface area contributed by atoms with Gasteiger partial charge in [0.2, 0.25) is 0 Å². The van der Waals surface area contributed by atoms with Crippen LogP contribution < -0.4 is 10.2 Å². The van der Waals surface area contributed by atoms with Crippen LogP contribution in [0.25, 0.3) is 0 Å². The van der Waals surface area contributed by atoms with Crippen molar-refractivity contribution < 1.29 is 0 Å². The van der Waals surface area contributed by atoms with E-state index in [0.29, 0.717) is 17.1 Å². The van der Waals surface area contributed by atoms with Crippen molar-refractivity contribution in [1.29, 1.82) is 0 Å². The summed E-state index contributed by atoms with van der Waals surface area (Å²) in [7, 11) is 0. The molecule has 1 saturated heterocycles. The van der Waals surface area contributed by atoms with Gasteiger partial charge >= 0.3 is 0 Å². The predicted octanol–water partition coefficient (Wildman–Crippen LogP) is 2.24. The normalized spacial score (nSPS) is 23.9. The molecule has 2 heterocycles. The van der Waals surface area contributed by atoms with Crippen LogP contribution in [0.5, 0.6) is 0 Å². The fourth-order valence-corrected chi connectivity index (χ4v) is 2.84. The van der Waals surface area contributed by atoms with Crippen LogP contribution in [-0.2, 0) is 0 Å². The molecule has 0 bridgehead atoms. The number of hydrogen-bond acceptors (Lipinski definition) is 4. The highest BCUT2D eigenvalue weighted by atomic mass is 35.5. The van der Waals surface area contributed by atoms with Crippen LogP contribution in [0.15, 0.2) is 12.5 Å². The predicted molar refractivity (Wildman–Crippen MR) is 73.1 cm³/mol. The Morgan fingerprint density at radius 2 is 2.22 bits per heavy atom. The first-order valence-corrected chi connectivity index (χ1v) is 7.18. The molecule has 0 spiro atoms. The minimum absolute atomic E-state index is 0.574. The maximum atomic E-state index is 6.22. The maximum absolute atomic E-state index is 6.22. The molecule has 18 heavy (non-hydrogen) atoms. The molecular weight excluding hydrogens is 248 g/mol. The number of aromatic nitrogens is 2. The van der Waals surface area contributed by atoms with E-state index in [4.69, 9.17) is 11.6 Å². The van der Waals surface area contributed by atoms with E-state index in [1.54, 1.807) is 12.5 Å². The molecule has 4 nitrogen and oxygen atoms in total. The number of rotatable bonds is 4.